The molecule has 0 fully saturated rings. The third-order valence-corrected chi connectivity index (χ3v) is 4.63. The van der Waals surface area contributed by atoms with E-state index < -0.39 is 0 Å². The molecule has 1 aromatic carbocycles. The number of nitrogens with zero attached hydrogens (tertiary/aromatic N) is 1. The average molecular weight is 237 g/mol. The van der Waals surface area contributed by atoms with Crippen LogP contribution >= 0.6 is 23.5 Å². The second-order valence-electron chi connectivity index (χ2n) is 3.19. The van der Waals surface area contributed by atoms with Crippen molar-refractivity contribution in [2.24, 2.45) is 5.18 Å². The quantitative estimate of drug-likeness (QED) is 0.734. The normalized spacial score (nSPS) is 15.8. The monoisotopic (exact) mass is 237 g/mol. The number of benzene rings is 1. The van der Waals surface area contributed by atoms with Gasteiger partial charge in [-0.3, -0.25) is 0 Å². The molecule has 2 nitrogen and oxygen atoms in total. The van der Waals surface area contributed by atoms with Crippen molar-refractivity contribution in [3.05, 3.63) is 44.5 Å². The fourth-order valence-electron chi connectivity index (χ4n) is 1.64. The standard InChI is InChI=1S/C11H11NOS2/c1-14-11-10(12-13)9-5-3-2-4-8(9)6-7-15-11/h2-5H,6-7H2,1H3. The van der Waals surface area contributed by atoms with Crippen LogP contribution < -0.4 is 0 Å². The van der Waals surface area contributed by atoms with Gasteiger partial charge in [-0.2, -0.15) is 0 Å². The second-order valence-corrected chi connectivity index (χ2v) is 5.37. The first-order valence-electron chi connectivity index (χ1n) is 4.69. The summed E-state index contributed by atoms with van der Waals surface area (Å²) in [5.41, 5.74) is 2.84. The Bertz CT molecular complexity index is 415. The first-order chi connectivity index (χ1) is 7.36. The summed E-state index contributed by atoms with van der Waals surface area (Å²) in [6.45, 7) is 0. The zero-order valence-electron chi connectivity index (χ0n) is 8.40. The van der Waals surface area contributed by atoms with Gasteiger partial charge in [-0.25, -0.2) is 0 Å². The van der Waals surface area contributed by atoms with Gasteiger partial charge in [-0.15, -0.1) is 28.4 Å². The van der Waals surface area contributed by atoms with Crippen molar-refractivity contribution in [1.29, 1.82) is 0 Å². The van der Waals surface area contributed by atoms with Gasteiger partial charge in [0.05, 0.1) is 4.24 Å². The van der Waals surface area contributed by atoms with Crippen molar-refractivity contribution in [1.82, 2.24) is 0 Å². The summed E-state index contributed by atoms with van der Waals surface area (Å²) in [6, 6.07) is 8.02. The number of hydrogen-bond acceptors (Lipinski definition) is 4. The summed E-state index contributed by atoms with van der Waals surface area (Å²) in [6.07, 6.45) is 2.99. The molecular formula is C11H11NOS2. The fourth-order valence-corrected chi connectivity index (χ4v) is 3.50. The van der Waals surface area contributed by atoms with Crippen LogP contribution in [0.4, 0.5) is 0 Å². The summed E-state index contributed by atoms with van der Waals surface area (Å²) in [7, 11) is 0. The zero-order chi connectivity index (χ0) is 10.7. The predicted molar refractivity (Wildman–Crippen MR) is 68.8 cm³/mol. The second kappa shape index (κ2) is 4.86. The van der Waals surface area contributed by atoms with E-state index in [2.05, 4.69) is 11.2 Å². The van der Waals surface area contributed by atoms with Crippen LogP contribution in [0.3, 0.4) is 0 Å². The van der Waals surface area contributed by atoms with Gasteiger partial charge in [-0.1, -0.05) is 24.3 Å². The molecule has 0 aliphatic carbocycles. The van der Waals surface area contributed by atoms with Crippen molar-refractivity contribution in [2.45, 2.75) is 6.42 Å². The highest BCUT2D eigenvalue weighted by atomic mass is 32.2. The molecule has 0 aromatic heterocycles. The third kappa shape index (κ3) is 2.11. The van der Waals surface area contributed by atoms with Crippen LogP contribution in [-0.4, -0.2) is 12.0 Å². The van der Waals surface area contributed by atoms with E-state index in [4.69, 9.17) is 0 Å². The van der Waals surface area contributed by atoms with Gasteiger partial charge in [0.2, 0.25) is 0 Å². The van der Waals surface area contributed by atoms with Crippen molar-refractivity contribution in [2.75, 3.05) is 12.0 Å². The van der Waals surface area contributed by atoms with E-state index in [0.717, 1.165) is 22.0 Å². The van der Waals surface area contributed by atoms with Crippen molar-refractivity contribution in [3.8, 4) is 0 Å². The maximum atomic E-state index is 10.9. The molecule has 0 saturated carbocycles. The molecule has 78 valence electrons. The molecule has 2 rings (SSSR count). The fraction of sp³-hybridized carbons (Fsp3) is 0.273. The molecule has 0 spiro atoms. The molecule has 0 bridgehead atoms. The van der Waals surface area contributed by atoms with E-state index in [1.165, 1.54) is 5.56 Å². The van der Waals surface area contributed by atoms with E-state index in [1.807, 2.05) is 24.5 Å². The number of fused-ring (bicyclic) bond motifs is 1. The number of aryl methyl sites for hydroxylation is 1. The molecule has 1 heterocycles. The molecule has 1 aromatic rings. The Labute approximate surface area is 97.5 Å². The Morgan fingerprint density at radius 1 is 1.40 bits per heavy atom. The van der Waals surface area contributed by atoms with E-state index in [-0.39, 0.29) is 0 Å². The Balaban J connectivity index is 2.58. The van der Waals surface area contributed by atoms with Gasteiger partial charge in [0, 0.05) is 11.3 Å². The Hall–Kier alpha value is -0.740. The molecule has 1 aliphatic rings. The smallest absolute Gasteiger partial charge is 0.135 e. The van der Waals surface area contributed by atoms with E-state index in [9.17, 15) is 4.91 Å². The third-order valence-electron chi connectivity index (χ3n) is 2.35. The van der Waals surface area contributed by atoms with Crippen LogP contribution in [0.1, 0.15) is 11.1 Å². The van der Waals surface area contributed by atoms with Gasteiger partial charge in [-0.05, 0) is 23.4 Å². The zero-order valence-corrected chi connectivity index (χ0v) is 10.0. The Kier molecular flexibility index (Phi) is 3.49. The van der Waals surface area contributed by atoms with Crippen molar-refractivity contribution >= 4 is 29.2 Å². The van der Waals surface area contributed by atoms with Gasteiger partial charge in [0.25, 0.3) is 0 Å². The summed E-state index contributed by atoms with van der Waals surface area (Å²) >= 11 is 3.33. The number of rotatable bonds is 2. The number of thioether (sulfide) groups is 2. The minimum atomic E-state index is 0.612. The Morgan fingerprint density at radius 3 is 2.93 bits per heavy atom. The van der Waals surface area contributed by atoms with Crippen LogP contribution in [-0.2, 0) is 6.42 Å². The lowest BCUT2D eigenvalue weighted by Gasteiger charge is -2.04. The highest BCUT2D eigenvalue weighted by Crippen LogP contribution is 2.39. The number of nitroso groups, excluding NO2 is 1. The Morgan fingerprint density at radius 2 is 2.20 bits per heavy atom. The van der Waals surface area contributed by atoms with Crippen LogP contribution in [0, 0.1) is 4.91 Å². The molecule has 0 N–H and O–H groups in total. The van der Waals surface area contributed by atoms with Crippen LogP contribution in [0.2, 0.25) is 0 Å². The lowest BCUT2D eigenvalue weighted by atomic mass is 10.0. The van der Waals surface area contributed by atoms with Gasteiger partial charge >= 0.3 is 0 Å². The lowest BCUT2D eigenvalue weighted by molar-refractivity contribution is 1.15. The molecule has 1 aliphatic heterocycles. The number of hydrogen-bond donors (Lipinski definition) is 0. The van der Waals surface area contributed by atoms with Crippen LogP contribution in [0.5, 0.6) is 0 Å². The predicted octanol–water partition coefficient (Wildman–Crippen LogP) is 3.73. The van der Waals surface area contributed by atoms with Crippen LogP contribution in [0.15, 0.2) is 33.7 Å². The summed E-state index contributed by atoms with van der Waals surface area (Å²) in [4.78, 5) is 10.9. The summed E-state index contributed by atoms with van der Waals surface area (Å²) < 4.78 is 1.04. The molecule has 0 unspecified atom stereocenters. The van der Waals surface area contributed by atoms with Crippen molar-refractivity contribution in [3.63, 3.8) is 0 Å². The van der Waals surface area contributed by atoms with E-state index in [1.54, 1.807) is 23.5 Å². The highest BCUT2D eigenvalue weighted by molar-refractivity contribution is 8.22. The van der Waals surface area contributed by atoms with Gasteiger partial charge in [0.1, 0.15) is 5.70 Å². The molecule has 0 atom stereocenters. The highest BCUT2D eigenvalue weighted by Gasteiger charge is 2.17. The lowest BCUT2D eigenvalue weighted by Crippen LogP contribution is -1.90. The molecule has 0 saturated heterocycles. The van der Waals surface area contributed by atoms with E-state index >= 15 is 0 Å². The van der Waals surface area contributed by atoms with Crippen molar-refractivity contribution < 1.29 is 0 Å². The maximum absolute atomic E-state index is 10.9. The van der Waals surface area contributed by atoms with Crippen LogP contribution in [0.25, 0.3) is 5.70 Å². The summed E-state index contributed by atoms with van der Waals surface area (Å²) in [5, 5.41) is 3.19. The van der Waals surface area contributed by atoms with Gasteiger partial charge in [0.15, 0.2) is 0 Å². The van der Waals surface area contributed by atoms with Gasteiger partial charge < -0.3 is 0 Å². The molecule has 4 heteroatoms. The first-order valence-corrected chi connectivity index (χ1v) is 6.90. The topological polar surface area (TPSA) is 29.4 Å². The molecule has 0 amide bonds. The largest absolute Gasteiger partial charge is 0.145 e. The average Bonchev–Trinajstić information content (AvgIpc) is 2.47. The SMILES string of the molecule is CSC1=C(N=O)c2ccccc2CCS1. The minimum absolute atomic E-state index is 0.612. The minimum Gasteiger partial charge on any atom is -0.145 e. The molecule has 15 heavy (non-hydrogen) atoms. The first kappa shape index (κ1) is 10.8. The summed E-state index contributed by atoms with van der Waals surface area (Å²) in [5.74, 6) is 1.02. The molecule has 0 radical (unpaired) electrons. The van der Waals surface area contributed by atoms with E-state index in [0.29, 0.717) is 5.70 Å². The maximum Gasteiger partial charge on any atom is 0.135 e. The molecular weight excluding hydrogens is 226 g/mol.